The number of carbonyl (C=O) groups is 3. The minimum absolute atomic E-state index is 0.365. The fraction of sp³-hybridized carbons (Fsp3) is 0.348. The molecule has 0 unspecified atom stereocenters. The van der Waals surface area contributed by atoms with Crippen LogP contribution in [0.4, 0.5) is 20.6 Å². The van der Waals surface area contributed by atoms with E-state index in [-0.39, 0.29) is 0 Å². The van der Waals surface area contributed by atoms with Gasteiger partial charge in [-0.05, 0) is 48.4 Å². The first kappa shape index (κ1) is 22.3. The van der Waals surface area contributed by atoms with Gasteiger partial charge in [-0.2, -0.15) is 0 Å². The van der Waals surface area contributed by atoms with Crippen molar-refractivity contribution in [3.05, 3.63) is 59.9 Å². The van der Waals surface area contributed by atoms with Crippen LogP contribution in [0.5, 0.6) is 0 Å². The summed E-state index contributed by atoms with van der Waals surface area (Å²) in [5, 5.41) is 5.47. The second kappa shape index (κ2) is 9.16. The number of benzene rings is 2. The Morgan fingerprint density at radius 3 is 2.32 bits per heavy atom. The molecule has 1 aliphatic heterocycles. The number of nitrogens with zero attached hydrogens (tertiary/aromatic N) is 2. The van der Waals surface area contributed by atoms with Gasteiger partial charge in [0.25, 0.3) is 5.91 Å². The molecule has 1 fully saturated rings. The molecular formula is C23H27FN4O3. The Bertz CT molecular complexity index is 960. The number of nitrogens with one attached hydrogen (secondary N) is 2. The number of unbranched alkanes of at least 4 members (excludes halogenated alkanes) is 1. The van der Waals surface area contributed by atoms with E-state index in [0.29, 0.717) is 24.1 Å². The Hall–Kier alpha value is -3.42. The van der Waals surface area contributed by atoms with Crippen molar-refractivity contribution in [2.75, 3.05) is 30.9 Å². The summed E-state index contributed by atoms with van der Waals surface area (Å²) >= 11 is 0. The molecule has 1 saturated heterocycles. The third kappa shape index (κ3) is 4.68. The van der Waals surface area contributed by atoms with Gasteiger partial charge in [-0.25, -0.2) is 9.18 Å². The van der Waals surface area contributed by atoms with E-state index < -0.39 is 35.7 Å². The fourth-order valence-electron chi connectivity index (χ4n) is 3.64. The monoisotopic (exact) mass is 426 g/mol. The number of urea groups is 1. The molecular weight excluding hydrogens is 399 g/mol. The number of amides is 4. The van der Waals surface area contributed by atoms with E-state index in [1.807, 2.05) is 38.1 Å². The van der Waals surface area contributed by atoms with Crippen LogP contribution in [0.1, 0.15) is 31.7 Å². The van der Waals surface area contributed by atoms with Crippen molar-refractivity contribution in [2.24, 2.45) is 0 Å². The van der Waals surface area contributed by atoms with Crippen LogP contribution in [0.25, 0.3) is 0 Å². The Morgan fingerprint density at radius 1 is 1.10 bits per heavy atom. The summed E-state index contributed by atoms with van der Waals surface area (Å²) in [5.74, 6) is -1.41. The molecule has 1 heterocycles. The van der Waals surface area contributed by atoms with Crippen LogP contribution >= 0.6 is 0 Å². The Balaban J connectivity index is 1.77. The highest BCUT2D eigenvalue weighted by atomic mass is 19.1. The third-order valence-corrected chi connectivity index (χ3v) is 5.39. The van der Waals surface area contributed by atoms with E-state index in [2.05, 4.69) is 10.6 Å². The first-order valence-electron chi connectivity index (χ1n) is 10.2. The summed E-state index contributed by atoms with van der Waals surface area (Å²) < 4.78 is 13.4. The minimum Gasteiger partial charge on any atom is -0.378 e. The predicted molar refractivity (Wildman–Crippen MR) is 117 cm³/mol. The van der Waals surface area contributed by atoms with Crippen molar-refractivity contribution >= 4 is 29.2 Å². The molecule has 0 bridgehead atoms. The summed E-state index contributed by atoms with van der Waals surface area (Å²) in [6.45, 7) is 1.57. The van der Waals surface area contributed by atoms with Gasteiger partial charge in [-0.1, -0.05) is 31.9 Å². The van der Waals surface area contributed by atoms with Gasteiger partial charge in [0, 0.05) is 25.5 Å². The Labute approximate surface area is 181 Å². The topological polar surface area (TPSA) is 81.8 Å². The second-order valence-electron chi connectivity index (χ2n) is 7.83. The zero-order valence-corrected chi connectivity index (χ0v) is 17.9. The van der Waals surface area contributed by atoms with E-state index in [1.165, 1.54) is 24.3 Å². The number of halogens is 1. The highest BCUT2D eigenvalue weighted by molar-refractivity contribution is 6.10. The molecule has 2 N–H and O–H groups in total. The molecule has 1 atom stereocenters. The van der Waals surface area contributed by atoms with Crippen LogP contribution in [-0.4, -0.2) is 43.4 Å². The van der Waals surface area contributed by atoms with Crippen molar-refractivity contribution in [3.8, 4) is 0 Å². The van der Waals surface area contributed by atoms with Crippen LogP contribution in [-0.2, 0) is 15.1 Å². The number of hydrogen-bond acceptors (Lipinski definition) is 4. The van der Waals surface area contributed by atoms with E-state index in [0.717, 1.165) is 17.0 Å². The largest absolute Gasteiger partial charge is 0.378 e. The molecule has 2 aromatic carbocycles. The highest BCUT2D eigenvalue weighted by Crippen LogP contribution is 2.34. The van der Waals surface area contributed by atoms with E-state index >= 15 is 0 Å². The van der Waals surface area contributed by atoms with Crippen molar-refractivity contribution in [1.29, 1.82) is 0 Å². The second-order valence-corrected chi connectivity index (χ2v) is 7.83. The SMILES string of the molecule is CCCC[C@]1(c2ccc(F)cc2)NC(=O)N(CC(=O)Nc2ccc(N(C)C)cc2)C1=O. The lowest BCUT2D eigenvalue weighted by Gasteiger charge is -2.27. The van der Waals surface area contributed by atoms with Gasteiger partial charge in [0.2, 0.25) is 5.91 Å². The molecule has 31 heavy (non-hydrogen) atoms. The summed E-state index contributed by atoms with van der Waals surface area (Å²) in [5.41, 5.74) is 0.752. The van der Waals surface area contributed by atoms with E-state index in [4.69, 9.17) is 0 Å². The summed E-state index contributed by atoms with van der Waals surface area (Å²) in [7, 11) is 3.83. The van der Waals surface area contributed by atoms with Gasteiger partial charge < -0.3 is 15.5 Å². The van der Waals surface area contributed by atoms with Gasteiger partial charge >= 0.3 is 6.03 Å². The normalized spacial score (nSPS) is 18.1. The quantitative estimate of drug-likeness (QED) is 0.634. The molecule has 0 saturated carbocycles. The summed E-state index contributed by atoms with van der Waals surface area (Å²) in [4.78, 5) is 41.3. The molecule has 0 aromatic heterocycles. The minimum atomic E-state index is -1.30. The van der Waals surface area contributed by atoms with Gasteiger partial charge in [-0.15, -0.1) is 0 Å². The lowest BCUT2D eigenvalue weighted by atomic mass is 9.85. The standard InChI is InChI=1S/C23H27FN4O3/c1-4-5-14-23(16-6-8-17(24)9-7-16)21(30)28(22(31)26-23)15-20(29)25-18-10-12-19(13-11-18)27(2)3/h6-13H,4-5,14-15H2,1-3H3,(H,25,29)(H,26,31)/t23-/m1/s1. The van der Waals surface area contributed by atoms with Crippen molar-refractivity contribution in [1.82, 2.24) is 10.2 Å². The zero-order chi connectivity index (χ0) is 22.6. The molecule has 8 heteroatoms. The fourth-order valence-corrected chi connectivity index (χ4v) is 3.64. The molecule has 1 aliphatic rings. The van der Waals surface area contributed by atoms with Crippen molar-refractivity contribution in [2.45, 2.75) is 31.7 Å². The maximum atomic E-state index is 13.4. The Morgan fingerprint density at radius 2 is 1.74 bits per heavy atom. The lowest BCUT2D eigenvalue weighted by molar-refractivity contribution is -0.134. The van der Waals surface area contributed by atoms with Crippen LogP contribution in [0.15, 0.2) is 48.5 Å². The van der Waals surface area contributed by atoms with Gasteiger partial charge in [0.1, 0.15) is 17.9 Å². The van der Waals surface area contributed by atoms with E-state index in [1.54, 1.807) is 12.1 Å². The van der Waals surface area contributed by atoms with Crippen molar-refractivity contribution < 1.29 is 18.8 Å². The summed E-state index contributed by atoms with van der Waals surface area (Å²) in [6.07, 6.45) is 1.86. The molecule has 0 spiro atoms. The van der Waals surface area contributed by atoms with E-state index in [9.17, 15) is 18.8 Å². The van der Waals surface area contributed by atoms with Gasteiger partial charge in [0.15, 0.2) is 0 Å². The number of anilines is 2. The third-order valence-electron chi connectivity index (χ3n) is 5.39. The predicted octanol–water partition coefficient (Wildman–Crippen LogP) is 3.47. The molecule has 2 aromatic rings. The van der Waals surface area contributed by atoms with Gasteiger partial charge in [-0.3, -0.25) is 14.5 Å². The smallest absolute Gasteiger partial charge is 0.325 e. The van der Waals surface area contributed by atoms with Crippen LogP contribution in [0.2, 0.25) is 0 Å². The number of hydrogen-bond donors (Lipinski definition) is 2. The maximum absolute atomic E-state index is 13.4. The average molecular weight is 426 g/mol. The molecule has 3 rings (SSSR count). The van der Waals surface area contributed by atoms with Crippen molar-refractivity contribution in [3.63, 3.8) is 0 Å². The summed E-state index contributed by atoms with van der Waals surface area (Å²) in [6, 6.07) is 12.1. The molecule has 4 amide bonds. The lowest BCUT2D eigenvalue weighted by Crippen LogP contribution is -2.44. The number of imide groups is 1. The molecule has 164 valence electrons. The highest BCUT2D eigenvalue weighted by Gasteiger charge is 2.52. The molecule has 0 aliphatic carbocycles. The van der Waals surface area contributed by atoms with Crippen LogP contribution in [0, 0.1) is 5.82 Å². The van der Waals surface area contributed by atoms with Crippen LogP contribution in [0.3, 0.4) is 0 Å². The first-order valence-corrected chi connectivity index (χ1v) is 10.2. The number of rotatable bonds is 8. The number of carbonyl (C=O) groups excluding carboxylic acids is 3. The maximum Gasteiger partial charge on any atom is 0.325 e. The molecule has 7 nitrogen and oxygen atoms in total. The van der Waals surface area contributed by atoms with Crippen LogP contribution < -0.4 is 15.5 Å². The average Bonchev–Trinajstić information content (AvgIpc) is 2.98. The first-order chi connectivity index (χ1) is 14.8. The molecule has 0 radical (unpaired) electrons. The zero-order valence-electron chi connectivity index (χ0n) is 17.9. The van der Waals surface area contributed by atoms with Gasteiger partial charge in [0.05, 0.1) is 0 Å². The Kier molecular flexibility index (Phi) is 6.58.